The topological polar surface area (TPSA) is 24.5 Å². The van der Waals surface area contributed by atoms with Gasteiger partial charge in [0.2, 0.25) is 0 Å². The Morgan fingerprint density at radius 2 is 1.31 bits per heavy atom. The van der Waals surface area contributed by atoms with Crippen molar-refractivity contribution in [2.45, 2.75) is 6.17 Å². The van der Waals surface area contributed by atoms with Gasteiger partial charge in [0.1, 0.15) is 17.7 Å². The maximum Gasteiger partial charge on any atom is 0.135 e. The number of para-hydroxylation sites is 1. The van der Waals surface area contributed by atoms with E-state index in [2.05, 4.69) is 120 Å². The number of nitrogens with one attached hydrogen (secondary N) is 1. The molecule has 0 spiro atoms. The van der Waals surface area contributed by atoms with E-state index in [0.717, 1.165) is 22.8 Å². The second kappa shape index (κ2) is 7.37. The van der Waals surface area contributed by atoms with Crippen LogP contribution in [0.1, 0.15) is 5.56 Å². The van der Waals surface area contributed by atoms with Gasteiger partial charge in [-0.05, 0) is 57.1 Å². The van der Waals surface area contributed by atoms with E-state index in [0.29, 0.717) is 0 Å². The summed E-state index contributed by atoms with van der Waals surface area (Å²) in [6.45, 7) is 0. The molecule has 1 atom stereocenters. The zero-order valence-corrected chi connectivity index (χ0v) is 19.5. The van der Waals surface area contributed by atoms with Crippen LogP contribution in [0.2, 0.25) is 0 Å². The number of hydrogen-bond acceptors (Lipinski definition) is 3. The van der Waals surface area contributed by atoms with Crippen molar-refractivity contribution in [2.75, 3.05) is 0 Å². The van der Waals surface area contributed by atoms with E-state index in [1.807, 2.05) is 12.1 Å². The molecule has 3 nitrogen and oxygen atoms in total. The Hall–Kier alpha value is -4.76. The lowest BCUT2D eigenvalue weighted by Crippen LogP contribution is -2.31. The smallest absolute Gasteiger partial charge is 0.135 e. The summed E-state index contributed by atoms with van der Waals surface area (Å²) in [5.41, 5.74) is 7.18. The van der Waals surface area contributed by atoms with Gasteiger partial charge >= 0.3 is 0 Å². The highest BCUT2D eigenvalue weighted by Gasteiger charge is 2.25. The number of rotatable bonds is 2. The Balaban J connectivity index is 1.34. The third-order valence-electron chi connectivity index (χ3n) is 7.47. The van der Waals surface area contributed by atoms with Crippen molar-refractivity contribution in [1.82, 2.24) is 10.2 Å². The molecule has 0 saturated carbocycles. The minimum atomic E-state index is 0.173. The Morgan fingerprint density at radius 1 is 0.583 bits per heavy atom. The first-order chi connectivity index (χ1) is 17.8. The summed E-state index contributed by atoms with van der Waals surface area (Å²) in [5.74, 6) is 1.83. The van der Waals surface area contributed by atoms with Gasteiger partial charge in [0, 0.05) is 28.9 Å². The van der Waals surface area contributed by atoms with E-state index in [4.69, 9.17) is 4.74 Å². The minimum Gasteiger partial charge on any atom is -0.456 e. The molecule has 3 aliphatic rings. The molecule has 1 N–H and O–H groups in total. The second-order valence-electron chi connectivity index (χ2n) is 9.45. The lowest BCUT2D eigenvalue weighted by atomic mass is 9.88. The Morgan fingerprint density at radius 3 is 2.22 bits per heavy atom. The molecule has 0 aromatic heterocycles. The van der Waals surface area contributed by atoms with Gasteiger partial charge in [-0.1, -0.05) is 84.9 Å². The number of benzene rings is 5. The van der Waals surface area contributed by atoms with Crippen LogP contribution in [0.15, 0.2) is 122 Å². The molecule has 36 heavy (non-hydrogen) atoms. The monoisotopic (exact) mass is 462 g/mol. The van der Waals surface area contributed by atoms with Gasteiger partial charge in [-0.15, -0.1) is 0 Å². The highest BCUT2D eigenvalue weighted by molar-refractivity contribution is 6.13. The zero-order chi connectivity index (χ0) is 23.6. The molecule has 0 amide bonds. The van der Waals surface area contributed by atoms with Crippen LogP contribution in [0.5, 0.6) is 11.5 Å². The summed E-state index contributed by atoms with van der Waals surface area (Å²) in [4.78, 5) is 2.21. The van der Waals surface area contributed by atoms with Gasteiger partial charge in [0.15, 0.2) is 0 Å². The molecule has 0 saturated heterocycles. The molecule has 0 radical (unpaired) electrons. The summed E-state index contributed by atoms with van der Waals surface area (Å²) >= 11 is 0. The maximum absolute atomic E-state index is 6.33. The fourth-order valence-electron chi connectivity index (χ4n) is 5.83. The first-order valence-electron chi connectivity index (χ1n) is 12.3. The molecule has 170 valence electrons. The first-order valence-corrected chi connectivity index (χ1v) is 12.3. The lowest BCUT2D eigenvalue weighted by Gasteiger charge is -2.23. The maximum atomic E-state index is 6.33. The third-order valence-corrected chi connectivity index (χ3v) is 7.47. The van der Waals surface area contributed by atoms with Crippen molar-refractivity contribution in [3.05, 3.63) is 127 Å². The standard InChI is InChI=1S/C33H22N2O/c1-2-9-22-21(8-1)23(15-16-25(22)29-20-35-19-6-5-14-32(35)34-29)24-17-18-31-33-27(24)11-7-12-28(33)26-10-3-4-13-30(26)36-31/h1-20,32,34H. The first kappa shape index (κ1) is 19.5. The molecule has 3 heteroatoms. The van der Waals surface area contributed by atoms with Crippen LogP contribution in [-0.4, -0.2) is 11.1 Å². The lowest BCUT2D eigenvalue weighted by molar-refractivity contribution is 0.427. The van der Waals surface area contributed by atoms with Crippen LogP contribution < -0.4 is 10.1 Å². The molecule has 5 aromatic rings. The molecule has 3 heterocycles. The van der Waals surface area contributed by atoms with Gasteiger partial charge in [-0.25, -0.2) is 0 Å². The van der Waals surface area contributed by atoms with Gasteiger partial charge in [0.25, 0.3) is 0 Å². The largest absolute Gasteiger partial charge is 0.456 e. The van der Waals surface area contributed by atoms with Crippen molar-refractivity contribution >= 4 is 27.2 Å². The molecule has 3 aliphatic heterocycles. The normalized spacial score (nSPS) is 16.9. The number of hydrogen-bond donors (Lipinski definition) is 1. The number of ether oxygens (including phenoxy) is 1. The average Bonchev–Trinajstić information content (AvgIpc) is 3.37. The highest BCUT2D eigenvalue weighted by atomic mass is 16.5. The molecule has 8 rings (SSSR count). The molecule has 5 aromatic carbocycles. The van der Waals surface area contributed by atoms with Crippen molar-refractivity contribution in [3.63, 3.8) is 0 Å². The fourth-order valence-corrected chi connectivity index (χ4v) is 5.83. The molecule has 0 bridgehead atoms. The van der Waals surface area contributed by atoms with E-state index in [-0.39, 0.29) is 6.17 Å². The summed E-state index contributed by atoms with van der Waals surface area (Å²) in [6.07, 6.45) is 10.8. The van der Waals surface area contributed by atoms with Crippen LogP contribution in [0.25, 0.3) is 49.5 Å². The molecule has 1 unspecified atom stereocenters. The molecular weight excluding hydrogens is 440 g/mol. The van der Waals surface area contributed by atoms with Crippen LogP contribution in [0.3, 0.4) is 0 Å². The van der Waals surface area contributed by atoms with Crippen molar-refractivity contribution in [1.29, 1.82) is 0 Å². The zero-order valence-electron chi connectivity index (χ0n) is 19.5. The molecule has 0 fully saturated rings. The molecular formula is C33H22N2O. The van der Waals surface area contributed by atoms with Crippen LogP contribution >= 0.6 is 0 Å². The predicted molar refractivity (Wildman–Crippen MR) is 147 cm³/mol. The Kier molecular flexibility index (Phi) is 4.00. The average molecular weight is 463 g/mol. The van der Waals surface area contributed by atoms with E-state index in [1.165, 1.54) is 43.8 Å². The number of fused-ring (bicyclic) bond motifs is 4. The summed E-state index contributed by atoms with van der Waals surface area (Å²) in [7, 11) is 0. The van der Waals surface area contributed by atoms with E-state index < -0.39 is 0 Å². The van der Waals surface area contributed by atoms with Gasteiger partial charge in [-0.2, -0.15) is 0 Å². The van der Waals surface area contributed by atoms with Crippen molar-refractivity contribution < 1.29 is 4.74 Å². The summed E-state index contributed by atoms with van der Waals surface area (Å²) in [5, 5.41) is 8.53. The minimum absolute atomic E-state index is 0.173. The van der Waals surface area contributed by atoms with E-state index in [1.54, 1.807) is 0 Å². The second-order valence-corrected chi connectivity index (χ2v) is 9.45. The summed E-state index contributed by atoms with van der Waals surface area (Å²) < 4.78 is 6.33. The third kappa shape index (κ3) is 2.74. The Labute approximate surface area is 209 Å². The van der Waals surface area contributed by atoms with Crippen LogP contribution in [-0.2, 0) is 0 Å². The highest BCUT2D eigenvalue weighted by Crippen LogP contribution is 2.49. The quantitative estimate of drug-likeness (QED) is 0.282. The van der Waals surface area contributed by atoms with Gasteiger partial charge < -0.3 is 15.0 Å². The Bertz CT molecular complexity index is 1810. The SMILES string of the molecule is C1=CC2NC(c3ccc(-c4ccc5c6c(cccc46)-c4ccccc4O5)c4ccccc34)=CN2C=C1. The summed E-state index contributed by atoms with van der Waals surface area (Å²) in [6, 6.07) is 32.4. The fraction of sp³-hybridized carbons (Fsp3) is 0.0303. The van der Waals surface area contributed by atoms with E-state index in [9.17, 15) is 0 Å². The molecule has 0 aliphatic carbocycles. The number of nitrogens with zero attached hydrogens (tertiary/aromatic N) is 1. The van der Waals surface area contributed by atoms with Crippen LogP contribution in [0.4, 0.5) is 0 Å². The van der Waals surface area contributed by atoms with Crippen molar-refractivity contribution in [2.24, 2.45) is 0 Å². The van der Waals surface area contributed by atoms with Crippen molar-refractivity contribution in [3.8, 4) is 33.8 Å². The van der Waals surface area contributed by atoms with E-state index >= 15 is 0 Å². The van der Waals surface area contributed by atoms with Crippen LogP contribution in [0, 0.1) is 0 Å². The number of allylic oxidation sites excluding steroid dienone is 2. The predicted octanol–water partition coefficient (Wildman–Crippen LogP) is 8.05. The van der Waals surface area contributed by atoms with Gasteiger partial charge in [-0.3, -0.25) is 0 Å². The van der Waals surface area contributed by atoms with Gasteiger partial charge in [0.05, 0.1) is 5.70 Å².